The molecule has 0 radical (unpaired) electrons. The monoisotopic (exact) mass is 343 g/mol. The van der Waals surface area contributed by atoms with Crippen molar-refractivity contribution in [2.24, 2.45) is 0 Å². The van der Waals surface area contributed by atoms with Crippen molar-refractivity contribution >= 4 is 5.91 Å². The molecule has 7 heteroatoms. The lowest BCUT2D eigenvalue weighted by atomic mass is 9.95. The lowest BCUT2D eigenvalue weighted by Gasteiger charge is -2.30. The zero-order valence-electron chi connectivity index (χ0n) is 15.0. The minimum atomic E-state index is 0.0287. The third kappa shape index (κ3) is 4.15. The summed E-state index contributed by atoms with van der Waals surface area (Å²) < 4.78 is 5.72. The van der Waals surface area contributed by atoms with E-state index in [0.717, 1.165) is 30.9 Å². The minimum absolute atomic E-state index is 0.0287. The van der Waals surface area contributed by atoms with Crippen molar-refractivity contribution in [3.05, 3.63) is 35.5 Å². The van der Waals surface area contributed by atoms with Crippen LogP contribution in [0.3, 0.4) is 0 Å². The van der Waals surface area contributed by atoms with Crippen molar-refractivity contribution in [1.82, 2.24) is 25.1 Å². The number of piperidine rings is 1. The van der Waals surface area contributed by atoms with Crippen LogP contribution < -0.4 is 4.74 Å². The summed E-state index contributed by atoms with van der Waals surface area (Å²) in [7, 11) is 0. The summed E-state index contributed by atoms with van der Waals surface area (Å²) in [5, 5.41) is 7.14. The second-order valence-electron chi connectivity index (χ2n) is 6.56. The molecular weight excluding hydrogens is 318 g/mol. The Bertz CT molecular complexity index is 722. The second kappa shape index (κ2) is 7.63. The number of pyridine rings is 1. The minimum Gasteiger partial charge on any atom is -0.475 e. The van der Waals surface area contributed by atoms with Crippen molar-refractivity contribution < 1.29 is 9.53 Å². The van der Waals surface area contributed by atoms with Gasteiger partial charge in [-0.15, -0.1) is 0 Å². The van der Waals surface area contributed by atoms with E-state index in [4.69, 9.17) is 4.74 Å². The highest BCUT2D eigenvalue weighted by Gasteiger charge is 2.27. The van der Waals surface area contributed by atoms with Gasteiger partial charge < -0.3 is 9.64 Å². The van der Waals surface area contributed by atoms with Crippen molar-refractivity contribution in [3.8, 4) is 5.88 Å². The van der Waals surface area contributed by atoms with Gasteiger partial charge in [0.05, 0.1) is 6.10 Å². The highest BCUT2D eigenvalue weighted by molar-refractivity contribution is 5.94. The Hall–Kier alpha value is -2.44. The molecule has 0 aromatic carbocycles. The summed E-state index contributed by atoms with van der Waals surface area (Å²) in [5.41, 5.74) is 0.625. The molecule has 7 nitrogen and oxygen atoms in total. The summed E-state index contributed by atoms with van der Waals surface area (Å²) in [5.74, 6) is 2.54. The number of carbonyl (C=O) groups excluding carboxylic acids is 1. The number of carbonyl (C=O) groups is 1. The summed E-state index contributed by atoms with van der Waals surface area (Å²) >= 11 is 0. The van der Waals surface area contributed by atoms with Crippen molar-refractivity contribution in [2.75, 3.05) is 13.1 Å². The maximum Gasteiger partial charge on any atom is 0.254 e. The number of likely N-dealkylation sites (tertiary alicyclic amines) is 1. The van der Waals surface area contributed by atoms with Gasteiger partial charge in [0.1, 0.15) is 5.82 Å². The van der Waals surface area contributed by atoms with Gasteiger partial charge in [-0.25, -0.2) is 9.97 Å². The van der Waals surface area contributed by atoms with E-state index < -0.39 is 0 Å². The fourth-order valence-electron chi connectivity index (χ4n) is 2.96. The lowest BCUT2D eigenvalue weighted by Crippen LogP contribution is -2.38. The van der Waals surface area contributed by atoms with E-state index in [1.165, 1.54) is 0 Å². The molecule has 0 saturated carbocycles. The number of aryl methyl sites for hydroxylation is 1. The van der Waals surface area contributed by atoms with Crippen molar-refractivity contribution in [1.29, 1.82) is 0 Å². The maximum atomic E-state index is 12.8. The highest BCUT2D eigenvalue weighted by atomic mass is 16.5. The van der Waals surface area contributed by atoms with E-state index in [9.17, 15) is 4.79 Å². The third-order valence-corrected chi connectivity index (χ3v) is 4.64. The molecule has 2 aromatic rings. The molecule has 0 unspecified atom stereocenters. The largest absolute Gasteiger partial charge is 0.475 e. The SMILES string of the molecule is CC[C@@H](C)Oc1cc(C(=O)N2CCC(c3n[nH]c(C)n3)CC2)ccn1. The predicted octanol–water partition coefficient (Wildman–Crippen LogP) is 2.71. The van der Waals surface area contributed by atoms with E-state index in [1.807, 2.05) is 18.7 Å². The Kier molecular flexibility index (Phi) is 5.31. The first-order valence-electron chi connectivity index (χ1n) is 8.87. The number of aromatic amines is 1. The zero-order chi connectivity index (χ0) is 17.8. The topological polar surface area (TPSA) is 84.0 Å². The average molecular weight is 343 g/mol. The van der Waals surface area contributed by atoms with Crippen LogP contribution in [-0.2, 0) is 0 Å². The summed E-state index contributed by atoms with van der Waals surface area (Å²) in [6.07, 6.45) is 4.37. The van der Waals surface area contributed by atoms with Crippen LogP contribution in [0.15, 0.2) is 18.3 Å². The number of amides is 1. The Morgan fingerprint density at radius 2 is 2.20 bits per heavy atom. The third-order valence-electron chi connectivity index (χ3n) is 4.64. The van der Waals surface area contributed by atoms with E-state index >= 15 is 0 Å². The Morgan fingerprint density at radius 1 is 1.44 bits per heavy atom. The van der Waals surface area contributed by atoms with Gasteiger partial charge in [-0.3, -0.25) is 9.89 Å². The van der Waals surface area contributed by atoms with Crippen LogP contribution in [0.2, 0.25) is 0 Å². The van der Waals surface area contributed by atoms with E-state index in [-0.39, 0.29) is 12.0 Å². The average Bonchev–Trinajstić information content (AvgIpc) is 3.08. The molecule has 1 N–H and O–H groups in total. The molecule has 25 heavy (non-hydrogen) atoms. The second-order valence-corrected chi connectivity index (χ2v) is 6.56. The van der Waals surface area contributed by atoms with Gasteiger partial charge in [0.15, 0.2) is 5.82 Å². The number of ether oxygens (including phenoxy) is 1. The van der Waals surface area contributed by atoms with Gasteiger partial charge in [0.25, 0.3) is 5.91 Å². The van der Waals surface area contributed by atoms with Crippen molar-refractivity contribution in [3.63, 3.8) is 0 Å². The fraction of sp³-hybridized carbons (Fsp3) is 0.556. The molecule has 134 valence electrons. The Morgan fingerprint density at radius 3 is 2.84 bits per heavy atom. The molecule has 1 aliphatic heterocycles. The van der Waals surface area contributed by atoms with Gasteiger partial charge >= 0.3 is 0 Å². The molecule has 1 fully saturated rings. The summed E-state index contributed by atoms with van der Waals surface area (Å²) in [6, 6.07) is 3.48. The van der Waals surface area contributed by atoms with E-state index in [0.29, 0.717) is 30.5 Å². The predicted molar refractivity (Wildman–Crippen MR) is 93.6 cm³/mol. The van der Waals surface area contributed by atoms with E-state index in [1.54, 1.807) is 18.3 Å². The quantitative estimate of drug-likeness (QED) is 0.902. The summed E-state index contributed by atoms with van der Waals surface area (Å²) in [6.45, 7) is 7.37. The number of hydrogen-bond donors (Lipinski definition) is 1. The number of H-pyrrole nitrogens is 1. The normalized spacial score (nSPS) is 16.7. The number of nitrogens with zero attached hydrogens (tertiary/aromatic N) is 4. The molecule has 1 saturated heterocycles. The van der Waals surface area contributed by atoms with Crippen LogP contribution in [0.1, 0.15) is 61.0 Å². The Labute approximate surface area is 147 Å². The fourth-order valence-corrected chi connectivity index (χ4v) is 2.96. The van der Waals surface area contributed by atoms with Gasteiger partial charge in [-0.1, -0.05) is 6.92 Å². The molecular formula is C18H25N5O2. The molecule has 1 atom stereocenters. The number of nitrogens with one attached hydrogen (secondary N) is 1. The van der Waals surface area contributed by atoms with Crippen LogP contribution in [0, 0.1) is 6.92 Å². The van der Waals surface area contributed by atoms with Crippen LogP contribution in [0.4, 0.5) is 0 Å². The van der Waals surface area contributed by atoms with Crippen molar-refractivity contribution in [2.45, 2.75) is 52.1 Å². The number of aromatic nitrogens is 4. The standard InChI is InChI=1S/C18H25N5O2/c1-4-12(2)25-16-11-15(5-8-19-16)18(24)23-9-6-14(7-10-23)17-20-13(3)21-22-17/h5,8,11-12,14H,4,6-7,9-10H2,1-3H3,(H,20,21,22)/t12-/m1/s1. The molecule has 3 heterocycles. The lowest BCUT2D eigenvalue weighted by molar-refractivity contribution is 0.0710. The molecule has 1 aliphatic rings. The van der Waals surface area contributed by atoms with Gasteiger partial charge in [-0.2, -0.15) is 5.10 Å². The smallest absolute Gasteiger partial charge is 0.254 e. The maximum absolute atomic E-state index is 12.8. The molecule has 3 rings (SSSR count). The molecule has 0 bridgehead atoms. The molecule has 1 amide bonds. The first-order valence-corrected chi connectivity index (χ1v) is 8.87. The first-order chi connectivity index (χ1) is 12.1. The van der Waals surface area contributed by atoms with Crippen LogP contribution >= 0.6 is 0 Å². The van der Waals surface area contributed by atoms with Crippen LogP contribution in [0.25, 0.3) is 0 Å². The molecule has 0 spiro atoms. The molecule has 2 aromatic heterocycles. The summed E-state index contributed by atoms with van der Waals surface area (Å²) in [4.78, 5) is 23.3. The van der Waals surface area contributed by atoms with Gasteiger partial charge in [0, 0.05) is 36.8 Å². The zero-order valence-corrected chi connectivity index (χ0v) is 15.0. The van der Waals surface area contributed by atoms with Crippen LogP contribution in [0.5, 0.6) is 5.88 Å². The number of rotatable bonds is 5. The van der Waals surface area contributed by atoms with Crippen LogP contribution in [-0.4, -0.2) is 50.2 Å². The number of hydrogen-bond acceptors (Lipinski definition) is 5. The van der Waals surface area contributed by atoms with Gasteiger partial charge in [-0.05, 0) is 39.2 Å². The molecule has 0 aliphatic carbocycles. The van der Waals surface area contributed by atoms with Gasteiger partial charge in [0.2, 0.25) is 5.88 Å². The van der Waals surface area contributed by atoms with E-state index in [2.05, 4.69) is 27.1 Å². The Balaban J connectivity index is 1.61. The highest BCUT2D eigenvalue weighted by Crippen LogP contribution is 2.26. The first kappa shape index (κ1) is 17.4.